The molecule has 0 atom stereocenters. The fourth-order valence-corrected chi connectivity index (χ4v) is 6.79. The van der Waals surface area contributed by atoms with Crippen LogP contribution >= 0.6 is 11.3 Å². The number of ether oxygens (including phenoxy) is 1. The molecule has 1 aliphatic rings. The molecule has 1 aliphatic heterocycles. The molecule has 2 heterocycles. The predicted molar refractivity (Wildman–Crippen MR) is 130 cm³/mol. The molecule has 0 aliphatic carbocycles. The molecule has 1 aromatic heterocycles. The molecule has 0 spiro atoms. The van der Waals surface area contributed by atoms with E-state index < -0.39 is 15.9 Å². The molecule has 2 aromatic carbocycles. The molecule has 1 saturated heterocycles. The number of thiazole rings is 1. The number of benzene rings is 2. The van der Waals surface area contributed by atoms with Gasteiger partial charge in [0.2, 0.25) is 10.0 Å². The topological polar surface area (TPSA) is 81.0 Å². The minimum Gasteiger partial charge on any atom is -0.383 e. The standard InChI is InChI=1S/C24H29N3O4S2/c1-17-15-18(2)22-21(16-17)27(13-14-31-3)24(32-22)25-23(28)19-7-9-20(10-8-19)33(29,30)26-11-5-4-6-12-26/h7-10,15-16H,4-6,11-14H2,1-3H3. The summed E-state index contributed by atoms with van der Waals surface area (Å²) in [5, 5.41) is 0. The second kappa shape index (κ2) is 9.89. The van der Waals surface area contributed by atoms with E-state index in [4.69, 9.17) is 4.74 Å². The maximum Gasteiger partial charge on any atom is 0.279 e. The molecule has 0 radical (unpaired) electrons. The van der Waals surface area contributed by atoms with Gasteiger partial charge in [0, 0.05) is 32.3 Å². The van der Waals surface area contributed by atoms with Crippen LogP contribution in [-0.4, -0.2) is 50.0 Å². The third-order valence-corrected chi connectivity index (χ3v) is 9.03. The normalized spacial score (nSPS) is 15.9. The Balaban J connectivity index is 1.67. The molecular formula is C24H29N3O4S2. The van der Waals surface area contributed by atoms with Gasteiger partial charge in [0.25, 0.3) is 5.91 Å². The molecule has 176 valence electrons. The Hall–Kier alpha value is -2.33. The first kappa shape index (κ1) is 23.8. The quantitative estimate of drug-likeness (QED) is 0.528. The van der Waals surface area contributed by atoms with E-state index in [0.29, 0.717) is 36.6 Å². The average Bonchev–Trinajstić information content (AvgIpc) is 3.15. The largest absolute Gasteiger partial charge is 0.383 e. The second-order valence-electron chi connectivity index (χ2n) is 8.37. The first-order chi connectivity index (χ1) is 15.8. The van der Waals surface area contributed by atoms with E-state index in [9.17, 15) is 13.2 Å². The lowest BCUT2D eigenvalue weighted by molar-refractivity contribution is 0.0997. The summed E-state index contributed by atoms with van der Waals surface area (Å²) in [5.74, 6) is -0.399. The second-order valence-corrected chi connectivity index (χ2v) is 11.3. The summed E-state index contributed by atoms with van der Waals surface area (Å²) >= 11 is 1.48. The van der Waals surface area contributed by atoms with Crippen LogP contribution in [0.4, 0.5) is 0 Å². The number of hydrogen-bond acceptors (Lipinski definition) is 5. The van der Waals surface area contributed by atoms with Crippen LogP contribution in [0.1, 0.15) is 40.7 Å². The molecule has 0 unspecified atom stereocenters. The van der Waals surface area contributed by atoms with Crippen molar-refractivity contribution in [1.29, 1.82) is 0 Å². The van der Waals surface area contributed by atoms with Gasteiger partial charge in [-0.3, -0.25) is 4.79 Å². The van der Waals surface area contributed by atoms with Crippen molar-refractivity contribution in [3.05, 3.63) is 57.9 Å². The molecular weight excluding hydrogens is 458 g/mol. The van der Waals surface area contributed by atoms with Crippen molar-refractivity contribution in [2.24, 2.45) is 4.99 Å². The van der Waals surface area contributed by atoms with E-state index in [2.05, 4.69) is 24.0 Å². The van der Waals surface area contributed by atoms with E-state index in [1.165, 1.54) is 27.8 Å². The van der Waals surface area contributed by atoms with Gasteiger partial charge in [-0.15, -0.1) is 0 Å². The summed E-state index contributed by atoms with van der Waals surface area (Å²) in [6.07, 6.45) is 2.82. The zero-order valence-corrected chi connectivity index (χ0v) is 20.8. The van der Waals surface area contributed by atoms with Crippen molar-refractivity contribution in [2.75, 3.05) is 26.8 Å². The summed E-state index contributed by atoms with van der Waals surface area (Å²) in [6.45, 7) is 6.28. The van der Waals surface area contributed by atoms with Gasteiger partial charge in [-0.1, -0.05) is 23.8 Å². The fourth-order valence-electron chi connectivity index (χ4n) is 4.17. The van der Waals surface area contributed by atoms with Crippen LogP contribution in [0.3, 0.4) is 0 Å². The van der Waals surface area contributed by atoms with Crippen LogP contribution in [0.25, 0.3) is 10.2 Å². The maximum atomic E-state index is 13.0. The first-order valence-electron chi connectivity index (χ1n) is 11.1. The van der Waals surface area contributed by atoms with E-state index in [1.54, 1.807) is 19.2 Å². The number of hydrogen-bond donors (Lipinski definition) is 0. The molecule has 0 N–H and O–H groups in total. The Labute approximate surface area is 198 Å². The molecule has 7 nitrogen and oxygen atoms in total. The monoisotopic (exact) mass is 487 g/mol. The zero-order chi connectivity index (χ0) is 23.6. The predicted octanol–water partition coefficient (Wildman–Crippen LogP) is 3.88. The number of aryl methyl sites for hydroxylation is 2. The minimum absolute atomic E-state index is 0.212. The third kappa shape index (κ3) is 4.96. The number of piperidine rings is 1. The van der Waals surface area contributed by atoms with Crippen LogP contribution in [0, 0.1) is 13.8 Å². The average molecular weight is 488 g/mol. The van der Waals surface area contributed by atoms with Crippen LogP contribution in [-0.2, 0) is 21.3 Å². The summed E-state index contributed by atoms with van der Waals surface area (Å²) in [7, 11) is -1.89. The maximum absolute atomic E-state index is 13.0. The first-order valence-corrected chi connectivity index (χ1v) is 13.4. The number of nitrogens with zero attached hydrogens (tertiary/aromatic N) is 3. The van der Waals surface area contributed by atoms with Crippen molar-refractivity contribution in [3.63, 3.8) is 0 Å². The van der Waals surface area contributed by atoms with Crippen molar-refractivity contribution in [3.8, 4) is 0 Å². The lowest BCUT2D eigenvalue weighted by Gasteiger charge is -2.25. The Morgan fingerprint density at radius 3 is 2.45 bits per heavy atom. The van der Waals surface area contributed by atoms with Crippen molar-refractivity contribution in [1.82, 2.24) is 8.87 Å². The van der Waals surface area contributed by atoms with Crippen molar-refractivity contribution in [2.45, 2.75) is 44.6 Å². The smallest absolute Gasteiger partial charge is 0.279 e. The van der Waals surface area contributed by atoms with Gasteiger partial charge in [-0.2, -0.15) is 9.30 Å². The zero-order valence-electron chi connectivity index (χ0n) is 19.2. The molecule has 0 saturated carbocycles. The van der Waals surface area contributed by atoms with Gasteiger partial charge < -0.3 is 9.30 Å². The lowest BCUT2D eigenvalue weighted by atomic mass is 10.1. The lowest BCUT2D eigenvalue weighted by Crippen LogP contribution is -2.35. The highest BCUT2D eigenvalue weighted by molar-refractivity contribution is 7.89. The van der Waals surface area contributed by atoms with Crippen molar-refractivity contribution < 1.29 is 17.9 Å². The Morgan fingerprint density at radius 2 is 1.79 bits per heavy atom. The molecule has 0 bridgehead atoms. The van der Waals surface area contributed by atoms with Gasteiger partial charge in [0.05, 0.1) is 21.7 Å². The van der Waals surface area contributed by atoms with E-state index >= 15 is 0 Å². The van der Waals surface area contributed by atoms with Crippen LogP contribution in [0.15, 0.2) is 46.3 Å². The third-order valence-electron chi connectivity index (χ3n) is 5.88. The minimum atomic E-state index is -3.53. The number of carbonyl (C=O) groups excluding carboxylic acids is 1. The number of sulfonamides is 1. The highest BCUT2D eigenvalue weighted by atomic mass is 32.2. The Morgan fingerprint density at radius 1 is 1.09 bits per heavy atom. The molecule has 3 aromatic rings. The SMILES string of the molecule is COCCn1c(=NC(=O)c2ccc(S(=O)(=O)N3CCCCC3)cc2)sc2c(C)cc(C)cc21. The van der Waals surface area contributed by atoms with E-state index in [0.717, 1.165) is 40.6 Å². The van der Waals surface area contributed by atoms with Crippen LogP contribution in [0.2, 0.25) is 0 Å². The highest BCUT2D eigenvalue weighted by Gasteiger charge is 2.26. The number of carbonyl (C=O) groups is 1. The van der Waals surface area contributed by atoms with Gasteiger partial charge in [-0.25, -0.2) is 8.42 Å². The Bertz CT molecular complexity index is 1330. The summed E-state index contributed by atoms with van der Waals surface area (Å²) in [5.41, 5.74) is 3.68. The molecule has 9 heteroatoms. The number of aromatic nitrogens is 1. The number of amides is 1. The summed E-state index contributed by atoms with van der Waals surface area (Å²) in [6, 6.07) is 10.3. The van der Waals surface area contributed by atoms with E-state index in [-0.39, 0.29) is 4.90 Å². The van der Waals surface area contributed by atoms with Gasteiger partial charge in [-0.05, 0) is 68.1 Å². The van der Waals surface area contributed by atoms with Gasteiger partial charge in [0.15, 0.2) is 4.80 Å². The van der Waals surface area contributed by atoms with Crippen LogP contribution < -0.4 is 4.80 Å². The molecule has 4 rings (SSSR count). The molecule has 33 heavy (non-hydrogen) atoms. The number of methoxy groups -OCH3 is 1. The molecule has 1 amide bonds. The Kier molecular flexibility index (Phi) is 7.13. The van der Waals surface area contributed by atoms with Crippen molar-refractivity contribution >= 4 is 37.5 Å². The van der Waals surface area contributed by atoms with Gasteiger partial charge in [0.1, 0.15) is 0 Å². The highest BCUT2D eigenvalue weighted by Crippen LogP contribution is 2.24. The van der Waals surface area contributed by atoms with E-state index in [1.807, 2.05) is 11.5 Å². The molecule has 1 fully saturated rings. The van der Waals surface area contributed by atoms with Gasteiger partial charge >= 0.3 is 0 Å². The fraction of sp³-hybridized carbons (Fsp3) is 0.417. The number of rotatable bonds is 6. The summed E-state index contributed by atoms with van der Waals surface area (Å²) < 4.78 is 35.6. The summed E-state index contributed by atoms with van der Waals surface area (Å²) in [4.78, 5) is 18.2. The van der Waals surface area contributed by atoms with Crippen LogP contribution in [0.5, 0.6) is 0 Å². The number of fused-ring (bicyclic) bond motifs is 1.